The van der Waals surface area contributed by atoms with Gasteiger partial charge < -0.3 is 15.1 Å². The van der Waals surface area contributed by atoms with Gasteiger partial charge in [0.25, 0.3) is 0 Å². The third-order valence-corrected chi connectivity index (χ3v) is 6.82. The summed E-state index contributed by atoms with van der Waals surface area (Å²) in [4.78, 5) is 20.1. The molecule has 1 aromatic carbocycles. The highest BCUT2D eigenvalue weighted by molar-refractivity contribution is 6.30. The SMILES string of the molecule is CCN1CCC(N[C@@H]2C[C@@H](C(=O)N(CC)CC)N(Cc3ccc(Cl)cc3)C2)CC1. The fourth-order valence-corrected chi connectivity index (χ4v) is 4.90. The molecule has 1 N–H and O–H groups in total. The number of hydrogen-bond donors (Lipinski definition) is 1. The maximum absolute atomic E-state index is 13.2. The number of halogens is 1. The molecule has 0 aliphatic carbocycles. The molecule has 0 spiro atoms. The van der Waals surface area contributed by atoms with Crippen LogP contribution >= 0.6 is 11.6 Å². The molecule has 2 saturated heterocycles. The van der Waals surface area contributed by atoms with Crippen LogP contribution in [0.25, 0.3) is 0 Å². The predicted octanol–water partition coefficient (Wildman–Crippen LogP) is 3.23. The Kier molecular flexibility index (Phi) is 8.36. The van der Waals surface area contributed by atoms with Gasteiger partial charge in [0.1, 0.15) is 0 Å². The van der Waals surface area contributed by atoms with Gasteiger partial charge in [0.05, 0.1) is 6.04 Å². The summed E-state index contributed by atoms with van der Waals surface area (Å²) in [5.41, 5.74) is 1.21. The molecule has 1 aromatic rings. The van der Waals surface area contributed by atoms with Crippen molar-refractivity contribution in [2.24, 2.45) is 0 Å². The van der Waals surface area contributed by atoms with Crippen LogP contribution in [0.2, 0.25) is 5.02 Å². The van der Waals surface area contributed by atoms with Gasteiger partial charge in [-0.25, -0.2) is 0 Å². The molecule has 162 valence electrons. The first kappa shape index (κ1) is 22.5. The van der Waals surface area contributed by atoms with Crippen molar-refractivity contribution < 1.29 is 4.79 Å². The smallest absolute Gasteiger partial charge is 0.239 e. The van der Waals surface area contributed by atoms with E-state index in [1.807, 2.05) is 17.0 Å². The number of benzene rings is 1. The van der Waals surface area contributed by atoms with Gasteiger partial charge in [-0.2, -0.15) is 0 Å². The summed E-state index contributed by atoms with van der Waals surface area (Å²) >= 11 is 6.05. The Bertz CT molecular complexity index is 641. The Morgan fingerprint density at radius 3 is 2.34 bits per heavy atom. The van der Waals surface area contributed by atoms with Gasteiger partial charge >= 0.3 is 0 Å². The van der Waals surface area contributed by atoms with E-state index in [2.05, 4.69) is 48.0 Å². The molecule has 2 aliphatic rings. The summed E-state index contributed by atoms with van der Waals surface area (Å²) in [5, 5.41) is 4.64. The zero-order valence-electron chi connectivity index (χ0n) is 18.2. The van der Waals surface area contributed by atoms with Crippen molar-refractivity contribution in [3.8, 4) is 0 Å². The van der Waals surface area contributed by atoms with Gasteiger partial charge in [0.2, 0.25) is 5.91 Å². The van der Waals surface area contributed by atoms with Crippen LogP contribution in [-0.2, 0) is 11.3 Å². The van der Waals surface area contributed by atoms with Crippen molar-refractivity contribution in [1.29, 1.82) is 0 Å². The van der Waals surface area contributed by atoms with E-state index in [1.165, 1.54) is 31.5 Å². The maximum Gasteiger partial charge on any atom is 0.239 e. The van der Waals surface area contributed by atoms with Crippen molar-refractivity contribution in [1.82, 2.24) is 20.0 Å². The van der Waals surface area contributed by atoms with Gasteiger partial charge in [-0.1, -0.05) is 30.7 Å². The summed E-state index contributed by atoms with van der Waals surface area (Å²) < 4.78 is 0. The van der Waals surface area contributed by atoms with Crippen molar-refractivity contribution in [3.05, 3.63) is 34.9 Å². The Balaban J connectivity index is 1.66. The maximum atomic E-state index is 13.2. The van der Waals surface area contributed by atoms with E-state index in [0.717, 1.165) is 44.2 Å². The van der Waals surface area contributed by atoms with Crippen molar-refractivity contribution in [2.45, 2.75) is 64.7 Å². The van der Waals surface area contributed by atoms with Crippen LogP contribution in [0.3, 0.4) is 0 Å². The number of likely N-dealkylation sites (N-methyl/N-ethyl adjacent to an activating group) is 1. The molecule has 2 heterocycles. The van der Waals surface area contributed by atoms with Crippen LogP contribution in [-0.4, -0.2) is 78.0 Å². The number of amides is 1. The van der Waals surface area contributed by atoms with Crippen LogP contribution in [0.5, 0.6) is 0 Å². The molecule has 0 radical (unpaired) electrons. The molecule has 0 unspecified atom stereocenters. The molecule has 2 aliphatic heterocycles. The van der Waals surface area contributed by atoms with Gasteiger partial charge in [0, 0.05) is 43.3 Å². The molecule has 29 heavy (non-hydrogen) atoms. The standard InChI is InChI=1S/C23H37ClN4O/c1-4-26-13-11-20(12-14-26)25-21-15-22(23(29)27(5-2)6-3)28(17-21)16-18-7-9-19(24)10-8-18/h7-10,20-22,25H,4-6,11-17H2,1-3H3/t21-,22+/m1/s1. The molecule has 2 atom stereocenters. The second kappa shape index (κ2) is 10.8. The lowest BCUT2D eigenvalue weighted by Gasteiger charge is -2.33. The number of carbonyl (C=O) groups excluding carboxylic acids is 1. The highest BCUT2D eigenvalue weighted by atomic mass is 35.5. The molecule has 3 rings (SSSR count). The lowest BCUT2D eigenvalue weighted by Crippen LogP contribution is -2.46. The number of nitrogens with zero attached hydrogens (tertiary/aromatic N) is 3. The third-order valence-electron chi connectivity index (χ3n) is 6.57. The summed E-state index contributed by atoms with van der Waals surface area (Å²) in [7, 11) is 0. The van der Waals surface area contributed by atoms with Crippen molar-refractivity contribution >= 4 is 17.5 Å². The van der Waals surface area contributed by atoms with E-state index in [-0.39, 0.29) is 11.9 Å². The first-order valence-electron chi connectivity index (χ1n) is 11.3. The fraction of sp³-hybridized carbons (Fsp3) is 0.696. The van der Waals surface area contributed by atoms with Gasteiger partial charge in [-0.15, -0.1) is 0 Å². The number of carbonyl (C=O) groups is 1. The highest BCUT2D eigenvalue weighted by Gasteiger charge is 2.39. The number of hydrogen-bond acceptors (Lipinski definition) is 4. The lowest BCUT2D eigenvalue weighted by atomic mass is 10.0. The molecular formula is C23H37ClN4O. The van der Waals surface area contributed by atoms with Crippen LogP contribution in [0.1, 0.15) is 45.6 Å². The molecule has 6 heteroatoms. The molecule has 2 fully saturated rings. The first-order valence-corrected chi connectivity index (χ1v) is 11.7. The lowest BCUT2D eigenvalue weighted by molar-refractivity contribution is -0.135. The molecule has 0 aromatic heterocycles. The fourth-order valence-electron chi connectivity index (χ4n) is 4.78. The van der Waals surface area contributed by atoms with E-state index < -0.39 is 0 Å². The average molecular weight is 421 g/mol. The second-order valence-electron chi connectivity index (χ2n) is 8.39. The zero-order valence-corrected chi connectivity index (χ0v) is 19.0. The van der Waals surface area contributed by atoms with Crippen LogP contribution < -0.4 is 5.32 Å². The summed E-state index contributed by atoms with van der Waals surface area (Å²) in [6.07, 6.45) is 3.31. The van der Waals surface area contributed by atoms with Crippen molar-refractivity contribution in [2.75, 3.05) is 39.3 Å². The second-order valence-corrected chi connectivity index (χ2v) is 8.83. The van der Waals surface area contributed by atoms with Crippen molar-refractivity contribution in [3.63, 3.8) is 0 Å². The van der Waals surface area contributed by atoms with E-state index in [1.54, 1.807) is 0 Å². The summed E-state index contributed by atoms with van der Waals surface area (Å²) in [6, 6.07) is 8.92. The molecule has 1 amide bonds. The summed E-state index contributed by atoms with van der Waals surface area (Å²) in [5.74, 6) is 0.272. The molecule has 0 saturated carbocycles. The average Bonchev–Trinajstić information content (AvgIpc) is 3.13. The molecular weight excluding hydrogens is 384 g/mol. The Morgan fingerprint density at radius 2 is 1.76 bits per heavy atom. The monoisotopic (exact) mass is 420 g/mol. The molecule has 5 nitrogen and oxygen atoms in total. The Labute approximate surface area is 181 Å². The Hall–Kier alpha value is -1.14. The number of likely N-dealkylation sites (tertiary alicyclic amines) is 2. The summed E-state index contributed by atoms with van der Waals surface area (Å²) in [6.45, 7) is 13.1. The minimum atomic E-state index is -0.0428. The normalized spacial score (nSPS) is 24.1. The molecule has 0 bridgehead atoms. The largest absolute Gasteiger partial charge is 0.342 e. The number of rotatable bonds is 8. The zero-order chi connectivity index (χ0) is 20.8. The van der Waals surface area contributed by atoms with Gasteiger partial charge in [-0.05, 0) is 70.4 Å². The number of piperidine rings is 1. The minimum absolute atomic E-state index is 0.0428. The quantitative estimate of drug-likeness (QED) is 0.700. The first-order chi connectivity index (χ1) is 14.0. The van der Waals surface area contributed by atoms with E-state index in [9.17, 15) is 4.79 Å². The topological polar surface area (TPSA) is 38.8 Å². The van der Waals surface area contributed by atoms with E-state index in [0.29, 0.717) is 12.1 Å². The highest BCUT2D eigenvalue weighted by Crippen LogP contribution is 2.25. The van der Waals surface area contributed by atoms with Gasteiger partial charge in [0.15, 0.2) is 0 Å². The third kappa shape index (κ3) is 5.94. The predicted molar refractivity (Wildman–Crippen MR) is 120 cm³/mol. The Morgan fingerprint density at radius 1 is 1.10 bits per heavy atom. The van der Waals surface area contributed by atoms with Crippen LogP contribution in [0, 0.1) is 0 Å². The number of nitrogens with one attached hydrogen (secondary N) is 1. The van der Waals surface area contributed by atoms with Crippen LogP contribution in [0.4, 0.5) is 0 Å². The minimum Gasteiger partial charge on any atom is -0.342 e. The van der Waals surface area contributed by atoms with E-state index in [4.69, 9.17) is 11.6 Å². The van der Waals surface area contributed by atoms with Crippen LogP contribution in [0.15, 0.2) is 24.3 Å². The van der Waals surface area contributed by atoms with E-state index >= 15 is 0 Å². The van der Waals surface area contributed by atoms with Gasteiger partial charge in [-0.3, -0.25) is 9.69 Å².